The second kappa shape index (κ2) is 7.64. The predicted molar refractivity (Wildman–Crippen MR) is 115 cm³/mol. The molecule has 1 aliphatic heterocycles. The smallest absolute Gasteiger partial charge is 0.115 e. The third kappa shape index (κ3) is 3.56. The molecule has 2 aromatic heterocycles. The topological polar surface area (TPSA) is 78.2 Å². The van der Waals surface area contributed by atoms with Gasteiger partial charge in [-0.2, -0.15) is 5.10 Å². The summed E-state index contributed by atoms with van der Waals surface area (Å²) in [6.07, 6.45) is 8.89. The van der Waals surface area contributed by atoms with E-state index >= 15 is 0 Å². The third-order valence-electron chi connectivity index (χ3n) is 5.56. The normalized spacial score (nSPS) is 20.2. The van der Waals surface area contributed by atoms with Crippen LogP contribution in [0.5, 0.6) is 0 Å². The van der Waals surface area contributed by atoms with E-state index in [1.807, 2.05) is 23.1 Å². The Bertz CT molecular complexity index is 988. The molecule has 0 unspecified atom stereocenters. The summed E-state index contributed by atoms with van der Waals surface area (Å²) < 4.78 is 1.96. The molecule has 6 nitrogen and oxygen atoms in total. The number of nitrogens with one attached hydrogen (secondary N) is 2. The summed E-state index contributed by atoms with van der Waals surface area (Å²) in [6.45, 7) is 0.865. The maximum Gasteiger partial charge on any atom is 0.115 e. The maximum atomic E-state index is 9.38. The molecule has 2 aliphatic rings. The number of aromatic amines is 1. The van der Waals surface area contributed by atoms with Gasteiger partial charge in [-0.1, -0.05) is 12.8 Å². The van der Waals surface area contributed by atoms with E-state index in [2.05, 4.69) is 38.6 Å². The van der Waals surface area contributed by atoms with Crippen molar-refractivity contribution < 1.29 is 5.11 Å². The summed E-state index contributed by atoms with van der Waals surface area (Å²) >= 11 is 1.71. The van der Waals surface area contributed by atoms with Crippen molar-refractivity contribution in [2.24, 2.45) is 4.99 Å². The number of anilines is 1. The van der Waals surface area contributed by atoms with Crippen molar-refractivity contribution in [1.82, 2.24) is 14.8 Å². The van der Waals surface area contributed by atoms with Crippen molar-refractivity contribution in [2.75, 3.05) is 17.7 Å². The molecule has 1 saturated carbocycles. The van der Waals surface area contributed by atoms with Crippen LogP contribution in [0.4, 0.5) is 5.69 Å². The van der Waals surface area contributed by atoms with E-state index < -0.39 is 0 Å². The molecule has 3 N–H and O–H groups in total. The molecule has 28 heavy (non-hydrogen) atoms. The zero-order valence-corrected chi connectivity index (χ0v) is 16.6. The molecule has 3 aromatic rings. The van der Waals surface area contributed by atoms with Crippen LogP contribution in [0.15, 0.2) is 41.7 Å². The van der Waals surface area contributed by atoms with Crippen LogP contribution in [-0.2, 0) is 6.54 Å². The molecule has 7 heteroatoms. The molecule has 1 fully saturated rings. The second-order valence-electron chi connectivity index (χ2n) is 7.70. The van der Waals surface area contributed by atoms with Gasteiger partial charge < -0.3 is 15.4 Å². The minimum absolute atomic E-state index is 0.0119. The highest BCUT2D eigenvalue weighted by Gasteiger charge is 2.22. The Balaban J connectivity index is 1.53. The summed E-state index contributed by atoms with van der Waals surface area (Å²) in [5.74, 6) is 0.846. The Morgan fingerprint density at radius 1 is 1.25 bits per heavy atom. The number of nitrogens with zero attached hydrogens (tertiary/aromatic N) is 3. The first-order chi connectivity index (χ1) is 13.8. The SMILES string of the molecule is OC[C@@H]1CSC(c2cc3cc(Cn4cccn4)cc(NC4CCCC4)c3[nH]2)=N1. The van der Waals surface area contributed by atoms with E-state index in [1.54, 1.807) is 11.8 Å². The largest absolute Gasteiger partial charge is 0.394 e. The summed E-state index contributed by atoms with van der Waals surface area (Å²) in [6, 6.07) is 9.19. The van der Waals surface area contributed by atoms with Crippen LogP contribution in [0.1, 0.15) is 36.9 Å². The molecule has 0 amide bonds. The third-order valence-corrected chi connectivity index (χ3v) is 6.71. The van der Waals surface area contributed by atoms with Crippen LogP contribution in [0, 0.1) is 0 Å². The number of aromatic nitrogens is 3. The molecule has 5 rings (SSSR count). The number of aliphatic hydroxyl groups excluding tert-OH is 1. The number of aliphatic hydroxyl groups is 1. The molecular weight excluding hydrogens is 370 g/mol. The van der Waals surface area contributed by atoms with Gasteiger partial charge in [0.2, 0.25) is 0 Å². The zero-order chi connectivity index (χ0) is 18.9. The lowest BCUT2D eigenvalue weighted by Crippen LogP contribution is -2.15. The standard InChI is InChI=1S/C21H25N5OS/c27-12-17-13-28-21(24-17)19-10-15-8-14(11-26-7-3-6-22-26)9-18(20(15)25-19)23-16-4-1-2-5-16/h3,6-10,16-17,23,25,27H,1-2,4-5,11-13H2/t17-/m1/s1. The minimum atomic E-state index is 0.0119. The monoisotopic (exact) mass is 395 g/mol. The number of fused-ring (bicyclic) bond motifs is 1. The van der Waals surface area contributed by atoms with Crippen LogP contribution in [-0.4, -0.2) is 49.4 Å². The van der Waals surface area contributed by atoms with E-state index in [-0.39, 0.29) is 12.6 Å². The molecule has 0 radical (unpaired) electrons. The first-order valence-corrected chi connectivity index (χ1v) is 11.0. The average Bonchev–Trinajstić information content (AvgIpc) is 3.48. The Morgan fingerprint density at radius 2 is 2.14 bits per heavy atom. The molecule has 1 atom stereocenters. The fourth-order valence-electron chi connectivity index (χ4n) is 4.15. The van der Waals surface area contributed by atoms with Gasteiger partial charge in [0, 0.05) is 29.6 Å². The molecule has 0 saturated heterocycles. The average molecular weight is 396 g/mol. The molecule has 1 aliphatic carbocycles. The van der Waals surface area contributed by atoms with Crippen molar-refractivity contribution >= 4 is 33.4 Å². The van der Waals surface area contributed by atoms with E-state index in [9.17, 15) is 5.11 Å². The van der Waals surface area contributed by atoms with Gasteiger partial charge >= 0.3 is 0 Å². The van der Waals surface area contributed by atoms with E-state index in [4.69, 9.17) is 0 Å². The minimum Gasteiger partial charge on any atom is -0.394 e. The molecule has 0 bridgehead atoms. The van der Waals surface area contributed by atoms with Crippen LogP contribution >= 0.6 is 11.8 Å². The van der Waals surface area contributed by atoms with Gasteiger partial charge in [-0.05, 0) is 42.7 Å². The fourth-order valence-corrected chi connectivity index (χ4v) is 5.17. The Hall–Kier alpha value is -2.25. The van der Waals surface area contributed by atoms with Crippen molar-refractivity contribution in [1.29, 1.82) is 0 Å². The summed E-state index contributed by atoms with van der Waals surface area (Å²) in [5.41, 5.74) is 4.58. The number of H-pyrrole nitrogens is 1. The Kier molecular flexibility index (Phi) is 4.86. The summed E-state index contributed by atoms with van der Waals surface area (Å²) in [4.78, 5) is 8.24. The highest BCUT2D eigenvalue weighted by atomic mass is 32.2. The van der Waals surface area contributed by atoms with Crippen molar-refractivity contribution in [2.45, 2.75) is 44.3 Å². The van der Waals surface area contributed by atoms with Crippen LogP contribution in [0.2, 0.25) is 0 Å². The number of hydrogen-bond donors (Lipinski definition) is 3. The zero-order valence-electron chi connectivity index (χ0n) is 15.8. The number of hydrogen-bond acceptors (Lipinski definition) is 5. The van der Waals surface area contributed by atoms with Crippen molar-refractivity contribution in [3.05, 3.63) is 47.9 Å². The van der Waals surface area contributed by atoms with Gasteiger partial charge in [-0.3, -0.25) is 9.67 Å². The van der Waals surface area contributed by atoms with Gasteiger partial charge in [-0.15, -0.1) is 11.8 Å². The van der Waals surface area contributed by atoms with Crippen LogP contribution in [0.3, 0.4) is 0 Å². The van der Waals surface area contributed by atoms with Gasteiger partial charge in [0.15, 0.2) is 0 Å². The van der Waals surface area contributed by atoms with Crippen molar-refractivity contribution in [3.63, 3.8) is 0 Å². The first-order valence-electron chi connectivity index (χ1n) is 10.00. The van der Waals surface area contributed by atoms with Gasteiger partial charge in [0.25, 0.3) is 0 Å². The number of thioether (sulfide) groups is 1. The van der Waals surface area contributed by atoms with Gasteiger partial charge in [0.05, 0.1) is 36.1 Å². The van der Waals surface area contributed by atoms with Crippen LogP contribution < -0.4 is 5.32 Å². The van der Waals surface area contributed by atoms with Gasteiger partial charge in [0.1, 0.15) is 5.04 Å². The first kappa shape index (κ1) is 17.8. The quantitative estimate of drug-likeness (QED) is 0.596. The molecule has 0 spiro atoms. The molecule has 146 valence electrons. The summed E-state index contributed by atoms with van der Waals surface area (Å²) in [7, 11) is 0. The molecule has 3 heterocycles. The number of rotatable bonds is 6. The maximum absolute atomic E-state index is 9.38. The molecular formula is C21H25N5OS. The Labute approximate surface area is 168 Å². The predicted octanol–water partition coefficient (Wildman–Crippen LogP) is 3.62. The highest BCUT2D eigenvalue weighted by Crippen LogP contribution is 2.32. The van der Waals surface area contributed by atoms with E-state index in [0.717, 1.165) is 28.6 Å². The highest BCUT2D eigenvalue weighted by molar-refractivity contribution is 8.14. The van der Waals surface area contributed by atoms with E-state index in [1.165, 1.54) is 42.3 Å². The lowest BCUT2D eigenvalue weighted by atomic mass is 10.1. The van der Waals surface area contributed by atoms with Crippen molar-refractivity contribution in [3.8, 4) is 0 Å². The summed E-state index contributed by atoms with van der Waals surface area (Å²) in [5, 5.41) is 19.7. The second-order valence-corrected chi connectivity index (χ2v) is 8.71. The molecule has 1 aromatic carbocycles. The Morgan fingerprint density at radius 3 is 2.89 bits per heavy atom. The van der Waals surface area contributed by atoms with E-state index in [0.29, 0.717) is 6.04 Å². The van der Waals surface area contributed by atoms with Gasteiger partial charge in [-0.25, -0.2) is 0 Å². The fraction of sp³-hybridized carbons (Fsp3) is 0.429. The lowest BCUT2D eigenvalue weighted by molar-refractivity contribution is 0.277. The van der Waals surface area contributed by atoms with Crippen LogP contribution in [0.25, 0.3) is 10.9 Å². The number of aliphatic imine (C=N–C) groups is 1. The lowest BCUT2D eigenvalue weighted by Gasteiger charge is -2.16. The number of benzene rings is 1.